The van der Waals surface area contributed by atoms with Crippen molar-refractivity contribution >= 4 is 20.4 Å². The van der Waals surface area contributed by atoms with Crippen molar-refractivity contribution in [3.63, 3.8) is 0 Å². The highest BCUT2D eigenvalue weighted by atomic mass is 28.4. The van der Waals surface area contributed by atoms with Crippen LogP contribution in [0.4, 0.5) is 0 Å². The van der Waals surface area contributed by atoms with Gasteiger partial charge < -0.3 is 9.53 Å². The van der Waals surface area contributed by atoms with Crippen molar-refractivity contribution in [2.75, 3.05) is 6.61 Å². The Morgan fingerprint density at radius 1 is 1.48 bits per heavy atom. The van der Waals surface area contributed by atoms with Crippen molar-refractivity contribution in [2.45, 2.75) is 51.9 Å². The first kappa shape index (κ1) is 17.6. The second-order valence-electron chi connectivity index (χ2n) is 6.66. The molecule has 0 amide bonds. The zero-order valence-electron chi connectivity index (χ0n) is 13.6. The van der Waals surface area contributed by atoms with Gasteiger partial charge in [-0.15, -0.1) is 0 Å². The van der Waals surface area contributed by atoms with Crippen LogP contribution in [0, 0.1) is 0 Å². The van der Waals surface area contributed by atoms with Gasteiger partial charge in [0.15, 0.2) is 8.32 Å². The Morgan fingerprint density at radius 3 is 2.71 bits per heavy atom. The first-order chi connectivity index (χ1) is 9.62. The maximum atomic E-state index is 10.6. The van der Waals surface area contributed by atoms with Crippen LogP contribution < -0.4 is 0 Å². The summed E-state index contributed by atoms with van der Waals surface area (Å²) in [4.78, 5) is 10.6. The Hall–Kier alpha value is -1.40. The average molecular weight is 310 g/mol. The molecule has 0 saturated heterocycles. The van der Waals surface area contributed by atoms with Crippen molar-refractivity contribution in [3.8, 4) is 0 Å². The molecule has 5 nitrogen and oxygen atoms in total. The molecule has 0 bridgehead atoms. The van der Waals surface area contributed by atoms with Gasteiger partial charge in [0.2, 0.25) is 0 Å². The first-order valence-electron chi connectivity index (χ1n) is 7.16. The molecule has 0 unspecified atom stereocenters. The number of rotatable bonds is 7. The molecule has 1 aromatic rings. The number of carboxylic acid groups (broad SMARTS) is 1. The van der Waals surface area contributed by atoms with E-state index in [9.17, 15) is 4.79 Å². The molecule has 0 fully saturated rings. The molecule has 0 aliphatic carbocycles. The number of hydrogen-bond acceptors (Lipinski definition) is 3. The largest absolute Gasteiger partial charge is 0.480 e. The number of aliphatic carboxylic acids is 1. The van der Waals surface area contributed by atoms with Crippen LogP contribution in [0.15, 0.2) is 18.5 Å². The Kier molecular flexibility index (Phi) is 5.92. The highest BCUT2D eigenvalue weighted by Crippen LogP contribution is 2.36. The van der Waals surface area contributed by atoms with Crippen molar-refractivity contribution in [1.29, 1.82) is 0 Å². The normalized spacial score (nSPS) is 13.0. The monoisotopic (exact) mass is 310 g/mol. The molecule has 0 aromatic carbocycles. The standard InChI is InChI=1S/C15H26N2O3Si/c1-15(2,3)21(4,5)20-9-7-6-8-13-10-16-17(11-13)12-14(18)19/h6,8,10-11H,7,9,12H2,1-5H3,(H,18,19)/b8-6+. The fraction of sp³-hybridized carbons (Fsp3) is 0.600. The topological polar surface area (TPSA) is 64.4 Å². The van der Waals surface area contributed by atoms with Crippen LogP contribution in [0.5, 0.6) is 0 Å². The van der Waals surface area contributed by atoms with Gasteiger partial charge in [-0.2, -0.15) is 5.10 Å². The van der Waals surface area contributed by atoms with Gasteiger partial charge in [0.1, 0.15) is 6.54 Å². The molecule has 0 saturated carbocycles. The molecule has 0 aliphatic heterocycles. The molecule has 0 radical (unpaired) electrons. The molecule has 1 heterocycles. The molecular weight excluding hydrogens is 284 g/mol. The number of aromatic nitrogens is 2. The molecule has 0 spiro atoms. The fourth-order valence-corrected chi connectivity index (χ4v) is 2.57. The lowest BCUT2D eigenvalue weighted by molar-refractivity contribution is -0.137. The highest BCUT2D eigenvalue weighted by Gasteiger charge is 2.36. The minimum atomic E-state index is -1.66. The Balaban J connectivity index is 2.39. The lowest BCUT2D eigenvalue weighted by atomic mass is 10.2. The Labute approximate surface area is 127 Å². The van der Waals surface area contributed by atoms with Crippen molar-refractivity contribution in [3.05, 3.63) is 24.0 Å². The van der Waals surface area contributed by atoms with Crippen LogP contribution in [0.3, 0.4) is 0 Å². The number of nitrogens with zero attached hydrogens (tertiary/aromatic N) is 2. The Bertz CT molecular complexity index is 501. The van der Waals surface area contributed by atoms with E-state index in [-0.39, 0.29) is 11.6 Å². The van der Waals surface area contributed by atoms with Crippen LogP contribution >= 0.6 is 0 Å². The van der Waals surface area contributed by atoms with Crippen LogP contribution in [-0.2, 0) is 15.8 Å². The smallest absolute Gasteiger partial charge is 0.325 e. The lowest BCUT2D eigenvalue weighted by Gasteiger charge is -2.36. The van der Waals surface area contributed by atoms with Gasteiger partial charge in [0.05, 0.1) is 6.20 Å². The second-order valence-corrected chi connectivity index (χ2v) is 11.5. The minimum Gasteiger partial charge on any atom is -0.480 e. The summed E-state index contributed by atoms with van der Waals surface area (Å²) in [5.41, 5.74) is 0.906. The van der Waals surface area contributed by atoms with Gasteiger partial charge in [-0.05, 0) is 24.6 Å². The number of carboxylic acids is 1. The van der Waals surface area contributed by atoms with E-state index >= 15 is 0 Å². The molecular formula is C15H26N2O3Si. The second kappa shape index (κ2) is 7.04. The maximum absolute atomic E-state index is 10.6. The quantitative estimate of drug-likeness (QED) is 0.619. The molecule has 0 aliphatic rings. The maximum Gasteiger partial charge on any atom is 0.325 e. The van der Waals surface area contributed by atoms with Gasteiger partial charge in [0, 0.05) is 18.4 Å². The zero-order valence-corrected chi connectivity index (χ0v) is 14.6. The van der Waals surface area contributed by atoms with E-state index in [1.807, 2.05) is 12.2 Å². The third kappa shape index (κ3) is 5.85. The SMILES string of the molecule is CC(C)(C)[Si](C)(C)OCC/C=C/c1cnn(CC(=O)O)c1. The van der Waals surface area contributed by atoms with E-state index in [1.165, 1.54) is 4.68 Å². The Morgan fingerprint density at radius 2 is 2.14 bits per heavy atom. The van der Waals surface area contributed by atoms with E-state index in [0.29, 0.717) is 0 Å². The van der Waals surface area contributed by atoms with Gasteiger partial charge >= 0.3 is 5.97 Å². The summed E-state index contributed by atoms with van der Waals surface area (Å²) in [5, 5.41) is 12.9. The van der Waals surface area contributed by atoms with Crippen molar-refractivity contribution < 1.29 is 14.3 Å². The predicted molar refractivity (Wildman–Crippen MR) is 86.7 cm³/mol. The average Bonchev–Trinajstić information content (AvgIpc) is 2.73. The summed E-state index contributed by atoms with van der Waals surface area (Å²) in [5.74, 6) is -0.892. The third-order valence-corrected chi connectivity index (χ3v) is 8.35. The first-order valence-corrected chi connectivity index (χ1v) is 10.1. The highest BCUT2D eigenvalue weighted by molar-refractivity contribution is 6.74. The molecule has 21 heavy (non-hydrogen) atoms. The lowest BCUT2D eigenvalue weighted by Crippen LogP contribution is -2.40. The molecule has 118 valence electrons. The van der Waals surface area contributed by atoms with E-state index in [4.69, 9.17) is 9.53 Å². The van der Waals surface area contributed by atoms with Crippen LogP contribution in [0.2, 0.25) is 18.1 Å². The summed E-state index contributed by atoms with van der Waals surface area (Å²) in [6.07, 6.45) is 8.21. The molecule has 1 rings (SSSR count). The van der Waals surface area contributed by atoms with Gasteiger partial charge in [-0.1, -0.05) is 32.9 Å². The van der Waals surface area contributed by atoms with Crippen molar-refractivity contribution in [2.24, 2.45) is 0 Å². The van der Waals surface area contributed by atoms with E-state index in [1.54, 1.807) is 12.4 Å². The van der Waals surface area contributed by atoms with Gasteiger partial charge in [-0.3, -0.25) is 9.48 Å². The zero-order chi connectivity index (χ0) is 16.1. The van der Waals surface area contributed by atoms with Crippen LogP contribution in [-0.4, -0.2) is 35.8 Å². The van der Waals surface area contributed by atoms with E-state index in [2.05, 4.69) is 39.0 Å². The predicted octanol–water partition coefficient (Wildman–Crippen LogP) is 3.39. The number of hydrogen-bond donors (Lipinski definition) is 1. The van der Waals surface area contributed by atoms with Crippen LogP contribution in [0.1, 0.15) is 32.8 Å². The molecule has 1 aromatic heterocycles. The van der Waals surface area contributed by atoms with Crippen molar-refractivity contribution in [1.82, 2.24) is 9.78 Å². The third-order valence-electron chi connectivity index (χ3n) is 3.81. The van der Waals surface area contributed by atoms with Gasteiger partial charge in [-0.25, -0.2) is 0 Å². The molecule has 6 heteroatoms. The molecule has 0 atom stereocenters. The molecule has 1 N–H and O–H groups in total. The fourth-order valence-electron chi connectivity index (χ4n) is 1.51. The summed E-state index contributed by atoms with van der Waals surface area (Å²) in [7, 11) is -1.66. The summed E-state index contributed by atoms with van der Waals surface area (Å²) in [6, 6.07) is 0. The summed E-state index contributed by atoms with van der Waals surface area (Å²) < 4.78 is 7.49. The minimum absolute atomic E-state index is 0.109. The van der Waals surface area contributed by atoms with Crippen LogP contribution in [0.25, 0.3) is 6.08 Å². The number of carbonyl (C=O) groups is 1. The summed E-state index contributed by atoms with van der Waals surface area (Å²) >= 11 is 0. The van der Waals surface area contributed by atoms with Gasteiger partial charge in [0.25, 0.3) is 0 Å². The van der Waals surface area contributed by atoms with E-state index < -0.39 is 14.3 Å². The summed E-state index contributed by atoms with van der Waals surface area (Å²) in [6.45, 7) is 11.8. The van der Waals surface area contributed by atoms with E-state index in [0.717, 1.165) is 18.6 Å².